The first-order valence-corrected chi connectivity index (χ1v) is 7.66. The molecule has 0 radical (unpaired) electrons. The topological polar surface area (TPSA) is 29.1 Å². The van der Waals surface area contributed by atoms with Gasteiger partial charge in [0.2, 0.25) is 5.91 Å². The number of carbonyl (C=O) groups is 1. The van der Waals surface area contributed by atoms with Gasteiger partial charge in [-0.3, -0.25) is 4.79 Å². The molecular weight excluding hydrogens is 242 g/mol. The summed E-state index contributed by atoms with van der Waals surface area (Å²) in [6, 6.07) is 10.6. The van der Waals surface area contributed by atoms with Crippen LogP contribution >= 0.6 is 11.8 Å². The first kappa shape index (κ1) is 15.1. The van der Waals surface area contributed by atoms with Gasteiger partial charge in [0.25, 0.3) is 0 Å². The average molecular weight is 265 g/mol. The van der Waals surface area contributed by atoms with Crippen LogP contribution in [0, 0.1) is 5.92 Å². The Morgan fingerprint density at radius 2 is 1.89 bits per heavy atom. The summed E-state index contributed by atoms with van der Waals surface area (Å²) >= 11 is 1.81. The van der Waals surface area contributed by atoms with Gasteiger partial charge < -0.3 is 5.32 Å². The van der Waals surface area contributed by atoms with Crippen LogP contribution in [0.4, 0.5) is 0 Å². The molecule has 0 saturated heterocycles. The van der Waals surface area contributed by atoms with Gasteiger partial charge in [0.1, 0.15) is 0 Å². The summed E-state index contributed by atoms with van der Waals surface area (Å²) < 4.78 is 0. The maximum absolute atomic E-state index is 11.6. The lowest BCUT2D eigenvalue weighted by atomic mass is 10.1. The molecule has 1 unspecified atom stereocenters. The van der Waals surface area contributed by atoms with Gasteiger partial charge in [0.05, 0.1) is 0 Å². The van der Waals surface area contributed by atoms with Gasteiger partial charge in [-0.2, -0.15) is 11.8 Å². The lowest BCUT2D eigenvalue weighted by Crippen LogP contribution is -2.36. The largest absolute Gasteiger partial charge is 0.353 e. The molecule has 1 atom stereocenters. The van der Waals surface area contributed by atoms with E-state index in [-0.39, 0.29) is 11.9 Å². The highest BCUT2D eigenvalue weighted by Crippen LogP contribution is 2.12. The highest BCUT2D eigenvalue weighted by Gasteiger charge is 2.10. The van der Waals surface area contributed by atoms with Crippen LogP contribution in [0.25, 0.3) is 0 Å². The number of nitrogens with one attached hydrogen (secondary N) is 1. The molecule has 18 heavy (non-hydrogen) atoms. The van der Waals surface area contributed by atoms with E-state index in [1.165, 1.54) is 5.56 Å². The molecule has 0 aliphatic rings. The first-order chi connectivity index (χ1) is 8.59. The Bertz CT molecular complexity index is 351. The highest BCUT2D eigenvalue weighted by molar-refractivity contribution is 7.98. The zero-order valence-electron chi connectivity index (χ0n) is 11.5. The lowest BCUT2D eigenvalue weighted by Gasteiger charge is -2.17. The third-order valence-corrected chi connectivity index (χ3v) is 4.00. The molecule has 0 spiro atoms. The van der Waals surface area contributed by atoms with Crippen molar-refractivity contribution in [3.8, 4) is 0 Å². The summed E-state index contributed by atoms with van der Waals surface area (Å²) in [7, 11) is 0. The Hall–Kier alpha value is -0.960. The standard InChI is InChI=1S/C15H23NOS/c1-12(2)13(3)16-15(17)9-10-18-11-14-7-5-4-6-8-14/h4-8,12-13H,9-11H2,1-3H3,(H,16,17). The fraction of sp³-hybridized carbons (Fsp3) is 0.533. The smallest absolute Gasteiger partial charge is 0.221 e. The summed E-state index contributed by atoms with van der Waals surface area (Å²) in [5, 5.41) is 3.03. The normalized spacial score (nSPS) is 12.4. The van der Waals surface area contributed by atoms with Gasteiger partial charge in [-0.25, -0.2) is 0 Å². The molecule has 0 aliphatic carbocycles. The number of benzene rings is 1. The van der Waals surface area contributed by atoms with Crippen LogP contribution in [0.15, 0.2) is 30.3 Å². The van der Waals surface area contributed by atoms with Crippen LogP contribution in [0.5, 0.6) is 0 Å². The second kappa shape index (κ2) is 8.20. The van der Waals surface area contributed by atoms with E-state index in [0.717, 1.165) is 11.5 Å². The van der Waals surface area contributed by atoms with Crippen LogP contribution in [0.3, 0.4) is 0 Å². The quantitative estimate of drug-likeness (QED) is 0.765. The maximum atomic E-state index is 11.6. The molecule has 1 aromatic carbocycles. The van der Waals surface area contributed by atoms with E-state index in [1.54, 1.807) is 0 Å². The van der Waals surface area contributed by atoms with E-state index in [1.807, 2.05) is 30.0 Å². The average Bonchev–Trinajstić information content (AvgIpc) is 2.35. The molecular formula is C15H23NOS. The van der Waals surface area contributed by atoms with E-state index >= 15 is 0 Å². The molecule has 1 aromatic rings. The second-order valence-electron chi connectivity index (χ2n) is 4.89. The highest BCUT2D eigenvalue weighted by atomic mass is 32.2. The summed E-state index contributed by atoms with van der Waals surface area (Å²) in [5.74, 6) is 2.52. The van der Waals surface area contributed by atoms with Crippen LogP contribution in [-0.4, -0.2) is 17.7 Å². The fourth-order valence-corrected chi connectivity index (χ4v) is 2.32. The van der Waals surface area contributed by atoms with Crippen molar-refractivity contribution >= 4 is 17.7 Å². The molecule has 1 amide bonds. The predicted octanol–water partition coefficient (Wildman–Crippen LogP) is 3.47. The van der Waals surface area contributed by atoms with Crippen molar-refractivity contribution in [3.05, 3.63) is 35.9 Å². The summed E-state index contributed by atoms with van der Waals surface area (Å²) in [5.41, 5.74) is 1.32. The van der Waals surface area contributed by atoms with E-state index in [2.05, 4.69) is 38.2 Å². The van der Waals surface area contributed by atoms with Gasteiger partial charge in [0.15, 0.2) is 0 Å². The minimum Gasteiger partial charge on any atom is -0.353 e. The van der Waals surface area contributed by atoms with Gasteiger partial charge >= 0.3 is 0 Å². The Morgan fingerprint density at radius 3 is 2.50 bits per heavy atom. The van der Waals surface area contributed by atoms with E-state index in [9.17, 15) is 4.79 Å². The van der Waals surface area contributed by atoms with Crippen molar-refractivity contribution in [2.75, 3.05) is 5.75 Å². The third-order valence-electron chi connectivity index (χ3n) is 2.97. The molecule has 0 heterocycles. The number of amides is 1. The molecule has 100 valence electrons. The summed E-state index contributed by atoms with van der Waals surface area (Å²) in [6.07, 6.45) is 0.606. The number of hydrogen-bond acceptors (Lipinski definition) is 2. The van der Waals surface area contributed by atoms with Crippen molar-refractivity contribution in [1.82, 2.24) is 5.32 Å². The minimum atomic E-state index is 0.164. The summed E-state index contributed by atoms with van der Waals surface area (Å²) in [6.45, 7) is 6.30. The maximum Gasteiger partial charge on any atom is 0.221 e. The predicted molar refractivity (Wildman–Crippen MR) is 79.7 cm³/mol. The Balaban J connectivity index is 2.13. The van der Waals surface area contributed by atoms with Gasteiger partial charge in [-0.1, -0.05) is 44.2 Å². The molecule has 0 aliphatic heterocycles. The molecule has 0 aromatic heterocycles. The second-order valence-corrected chi connectivity index (χ2v) is 5.99. The number of thioether (sulfide) groups is 1. The molecule has 2 nitrogen and oxygen atoms in total. The van der Waals surface area contributed by atoms with Crippen LogP contribution in [0.2, 0.25) is 0 Å². The number of rotatable bonds is 7. The SMILES string of the molecule is CC(C)C(C)NC(=O)CCSCc1ccccc1. The monoisotopic (exact) mass is 265 g/mol. The van der Waals surface area contributed by atoms with Crippen molar-refractivity contribution in [2.45, 2.75) is 39.0 Å². The number of carbonyl (C=O) groups excluding carboxylic acids is 1. The fourth-order valence-electron chi connectivity index (χ4n) is 1.42. The van der Waals surface area contributed by atoms with Crippen LogP contribution < -0.4 is 5.32 Å². The zero-order chi connectivity index (χ0) is 13.4. The van der Waals surface area contributed by atoms with Gasteiger partial charge in [-0.05, 0) is 18.4 Å². The molecule has 0 bridgehead atoms. The Morgan fingerprint density at radius 1 is 1.22 bits per heavy atom. The molecule has 0 fully saturated rings. The summed E-state index contributed by atoms with van der Waals surface area (Å²) in [4.78, 5) is 11.6. The first-order valence-electron chi connectivity index (χ1n) is 6.50. The van der Waals surface area contributed by atoms with Crippen molar-refractivity contribution in [2.24, 2.45) is 5.92 Å². The zero-order valence-corrected chi connectivity index (χ0v) is 12.3. The van der Waals surface area contributed by atoms with Crippen molar-refractivity contribution < 1.29 is 4.79 Å². The van der Waals surface area contributed by atoms with Crippen LogP contribution in [0.1, 0.15) is 32.8 Å². The molecule has 1 N–H and O–H groups in total. The minimum absolute atomic E-state index is 0.164. The Labute approximate surface area is 115 Å². The van der Waals surface area contributed by atoms with E-state index < -0.39 is 0 Å². The molecule has 0 saturated carbocycles. The van der Waals surface area contributed by atoms with Gasteiger partial charge in [-0.15, -0.1) is 0 Å². The third kappa shape index (κ3) is 6.10. The van der Waals surface area contributed by atoms with E-state index in [0.29, 0.717) is 12.3 Å². The van der Waals surface area contributed by atoms with Crippen molar-refractivity contribution in [3.63, 3.8) is 0 Å². The van der Waals surface area contributed by atoms with E-state index in [4.69, 9.17) is 0 Å². The van der Waals surface area contributed by atoms with Crippen molar-refractivity contribution in [1.29, 1.82) is 0 Å². The number of hydrogen-bond donors (Lipinski definition) is 1. The molecule has 1 rings (SSSR count). The molecule has 3 heteroatoms. The van der Waals surface area contributed by atoms with Gasteiger partial charge in [0, 0.05) is 24.0 Å². The van der Waals surface area contributed by atoms with Crippen LogP contribution in [-0.2, 0) is 10.5 Å². The Kier molecular flexibility index (Phi) is 6.88. The lowest BCUT2D eigenvalue weighted by molar-refractivity contribution is -0.121.